The fourth-order valence-corrected chi connectivity index (χ4v) is 1.15. The lowest BCUT2D eigenvalue weighted by Crippen LogP contribution is -1.70. The van der Waals surface area contributed by atoms with Gasteiger partial charge in [-0.1, -0.05) is 18.2 Å². The van der Waals surface area contributed by atoms with Crippen LogP contribution >= 0.6 is 0 Å². The first-order valence-corrected chi connectivity index (χ1v) is 3.41. The summed E-state index contributed by atoms with van der Waals surface area (Å²) in [5.74, 6) is 0. The fraction of sp³-hybridized carbons (Fsp3) is 0. The summed E-state index contributed by atoms with van der Waals surface area (Å²) in [4.78, 5) is 2.91. The number of hydrogen-bond donors (Lipinski definition) is 1. The van der Waals surface area contributed by atoms with Crippen LogP contribution in [0.4, 0.5) is 4.39 Å². The number of nitrogens with one attached hydrogen (secondary N) is 1. The first kappa shape index (κ1) is 6.40. The summed E-state index contributed by atoms with van der Waals surface area (Å²) in [6.07, 6.45) is 0. The molecular weight excluding hydrogens is 141 g/mol. The second-order valence-electron chi connectivity index (χ2n) is 2.42. The minimum absolute atomic E-state index is 0.520. The first-order valence-electron chi connectivity index (χ1n) is 3.41. The summed E-state index contributed by atoms with van der Waals surface area (Å²) in [5, 5.41) is 1.04. The standard InChI is InChI=1S/C9H7FN/c10-6-8-5-7-3-1-2-4-9(7)11-8/h1-6,11H. The first-order chi connectivity index (χ1) is 5.40. The molecule has 0 amide bonds. The van der Waals surface area contributed by atoms with Crippen LogP contribution in [-0.4, -0.2) is 4.98 Å². The van der Waals surface area contributed by atoms with E-state index < -0.39 is 0 Å². The van der Waals surface area contributed by atoms with Crippen LogP contribution in [0, 0.1) is 6.67 Å². The highest BCUT2D eigenvalue weighted by atomic mass is 19.1. The molecule has 1 aromatic carbocycles. The van der Waals surface area contributed by atoms with Crippen LogP contribution in [0.5, 0.6) is 0 Å². The minimum Gasteiger partial charge on any atom is -0.356 e. The van der Waals surface area contributed by atoms with Crippen molar-refractivity contribution in [1.29, 1.82) is 0 Å². The van der Waals surface area contributed by atoms with Crippen LogP contribution < -0.4 is 0 Å². The van der Waals surface area contributed by atoms with Crippen molar-refractivity contribution in [2.75, 3.05) is 0 Å². The van der Waals surface area contributed by atoms with Gasteiger partial charge in [0.1, 0.15) is 0 Å². The number of benzene rings is 1. The molecule has 0 aliphatic rings. The van der Waals surface area contributed by atoms with Crippen LogP contribution in [0.15, 0.2) is 30.3 Å². The number of halogens is 1. The van der Waals surface area contributed by atoms with Crippen LogP contribution in [-0.2, 0) is 0 Å². The van der Waals surface area contributed by atoms with Gasteiger partial charge in [-0.05, 0) is 17.5 Å². The molecule has 0 aliphatic heterocycles. The van der Waals surface area contributed by atoms with E-state index in [1.54, 1.807) is 6.07 Å². The van der Waals surface area contributed by atoms with E-state index >= 15 is 0 Å². The number of fused-ring (bicyclic) bond motifs is 1. The van der Waals surface area contributed by atoms with Gasteiger partial charge in [-0.15, -0.1) is 0 Å². The molecule has 1 heterocycles. The average Bonchev–Trinajstić information content (AvgIpc) is 2.46. The molecule has 1 nitrogen and oxygen atoms in total. The average molecular weight is 148 g/mol. The smallest absolute Gasteiger partial charge is 0.176 e. The third kappa shape index (κ3) is 1.00. The second-order valence-corrected chi connectivity index (χ2v) is 2.42. The Hall–Kier alpha value is -1.31. The molecule has 0 saturated heterocycles. The van der Waals surface area contributed by atoms with Crippen molar-refractivity contribution in [1.82, 2.24) is 4.98 Å². The molecule has 0 atom stereocenters. The molecule has 2 rings (SSSR count). The lowest BCUT2D eigenvalue weighted by atomic mass is 10.2. The Morgan fingerprint density at radius 3 is 2.82 bits per heavy atom. The van der Waals surface area contributed by atoms with Crippen LogP contribution in [0.2, 0.25) is 0 Å². The van der Waals surface area contributed by atoms with Crippen molar-refractivity contribution >= 4 is 10.9 Å². The molecule has 0 saturated carbocycles. The molecule has 0 bridgehead atoms. The molecule has 1 N–H and O–H groups in total. The van der Waals surface area contributed by atoms with E-state index in [-0.39, 0.29) is 0 Å². The summed E-state index contributed by atoms with van der Waals surface area (Å²) < 4.78 is 12.0. The second kappa shape index (κ2) is 2.38. The molecule has 2 heteroatoms. The van der Waals surface area contributed by atoms with Gasteiger partial charge in [0.05, 0.1) is 5.69 Å². The highest BCUT2D eigenvalue weighted by molar-refractivity contribution is 5.80. The van der Waals surface area contributed by atoms with Gasteiger partial charge in [0, 0.05) is 5.52 Å². The summed E-state index contributed by atoms with van der Waals surface area (Å²) in [6.45, 7) is 0.569. The van der Waals surface area contributed by atoms with E-state index in [1.807, 2.05) is 24.3 Å². The van der Waals surface area contributed by atoms with E-state index in [1.165, 1.54) is 0 Å². The largest absolute Gasteiger partial charge is 0.356 e. The Bertz CT molecular complexity index is 331. The summed E-state index contributed by atoms with van der Waals surface area (Å²) in [5.41, 5.74) is 1.49. The molecular formula is C9H7FN. The van der Waals surface area contributed by atoms with Crippen LogP contribution in [0.3, 0.4) is 0 Å². The number of H-pyrrole nitrogens is 1. The number of rotatable bonds is 1. The molecule has 55 valence electrons. The SMILES string of the molecule is F[CH]c1cc2ccccc2[nH]1. The van der Waals surface area contributed by atoms with Crippen molar-refractivity contribution in [2.45, 2.75) is 0 Å². The van der Waals surface area contributed by atoms with Gasteiger partial charge in [-0.2, -0.15) is 0 Å². The van der Waals surface area contributed by atoms with Crippen molar-refractivity contribution in [3.63, 3.8) is 0 Å². The Kier molecular flexibility index (Phi) is 1.39. The van der Waals surface area contributed by atoms with Crippen molar-refractivity contribution in [2.24, 2.45) is 0 Å². The molecule has 1 aromatic heterocycles. The van der Waals surface area contributed by atoms with Gasteiger partial charge in [0.25, 0.3) is 0 Å². The van der Waals surface area contributed by atoms with E-state index in [0.29, 0.717) is 12.4 Å². The molecule has 11 heavy (non-hydrogen) atoms. The van der Waals surface area contributed by atoms with Gasteiger partial charge in [-0.25, -0.2) is 4.39 Å². The lowest BCUT2D eigenvalue weighted by molar-refractivity contribution is 0.640. The van der Waals surface area contributed by atoms with Gasteiger partial charge in [0.2, 0.25) is 0 Å². The maximum absolute atomic E-state index is 12.0. The Morgan fingerprint density at radius 2 is 2.09 bits per heavy atom. The van der Waals surface area contributed by atoms with Crippen LogP contribution in [0.25, 0.3) is 10.9 Å². The number of aromatic nitrogens is 1. The normalized spacial score (nSPS) is 10.6. The quantitative estimate of drug-likeness (QED) is 0.639. The van der Waals surface area contributed by atoms with E-state index in [2.05, 4.69) is 4.98 Å². The maximum atomic E-state index is 12.0. The predicted octanol–water partition coefficient (Wildman–Crippen LogP) is 2.65. The third-order valence-electron chi connectivity index (χ3n) is 1.67. The lowest BCUT2D eigenvalue weighted by Gasteiger charge is -1.83. The topological polar surface area (TPSA) is 15.8 Å². The van der Waals surface area contributed by atoms with Gasteiger partial charge in [-0.3, -0.25) is 0 Å². The number of aromatic amines is 1. The van der Waals surface area contributed by atoms with Gasteiger partial charge < -0.3 is 4.98 Å². The van der Waals surface area contributed by atoms with Crippen molar-refractivity contribution in [3.8, 4) is 0 Å². The van der Waals surface area contributed by atoms with E-state index in [9.17, 15) is 4.39 Å². The Morgan fingerprint density at radius 1 is 1.27 bits per heavy atom. The molecule has 0 fully saturated rings. The summed E-state index contributed by atoms with van der Waals surface area (Å²) in [7, 11) is 0. The molecule has 0 aliphatic carbocycles. The summed E-state index contributed by atoms with van der Waals surface area (Å²) in [6, 6.07) is 9.48. The van der Waals surface area contributed by atoms with E-state index in [4.69, 9.17) is 0 Å². The predicted molar refractivity (Wildman–Crippen MR) is 42.8 cm³/mol. The molecule has 1 radical (unpaired) electrons. The highest BCUT2D eigenvalue weighted by Crippen LogP contribution is 2.15. The zero-order chi connectivity index (χ0) is 7.68. The number of hydrogen-bond acceptors (Lipinski definition) is 0. The zero-order valence-electron chi connectivity index (χ0n) is 5.84. The fourth-order valence-electron chi connectivity index (χ4n) is 1.15. The molecule has 2 aromatic rings. The highest BCUT2D eigenvalue weighted by Gasteiger charge is 1.97. The Balaban J connectivity index is 2.69. The van der Waals surface area contributed by atoms with E-state index in [0.717, 1.165) is 10.9 Å². The number of para-hydroxylation sites is 1. The molecule has 0 unspecified atom stereocenters. The van der Waals surface area contributed by atoms with Gasteiger partial charge >= 0.3 is 0 Å². The zero-order valence-corrected chi connectivity index (χ0v) is 5.84. The third-order valence-corrected chi connectivity index (χ3v) is 1.67. The van der Waals surface area contributed by atoms with Crippen LogP contribution in [0.1, 0.15) is 5.69 Å². The van der Waals surface area contributed by atoms with Gasteiger partial charge in [0.15, 0.2) is 6.67 Å². The van der Waals surface area contributed by atoms with Crippen molar-refractivity contribution in [3.05, 3.63) is 42.7 Å². The summed E-state index contributed by atoms with van der Waals surface area (Å²) >= 11 is 0. The monoisotopic (exact) mass is 148 g/mol. The minimum atomic E-state index is 0.520. The Labute approximate surface area is 63.9 Å². The van der Waals surface area contributed by atoms with Crippen molar-refractivity contribution < 1.29 is 4.39 Å². The molecule has 0 spiro atoms. The maximum Gasteiger partial charge on any atom is 0.176 e.